The minimum atomic E-state index is 0. The van der Waals surface area contributed by atoms with Crippen molar-refractivity contribution in [1.82, 2.24) is 0 Å². The van der Waals surface area contributed by atoms with Gasteiger partial charge in [0.15, 0.2) is 0 Å². The molecular formula is C30H44AlClN2. The van der Waals surface area contributed by atoms with Gasteiger partial charge in [-0.3, -0.25) is 4.99 Å². The smallest absolute Gasteiger partial charge is 0.358 e. The first-order valence-corrected chi connectivity index (χ1v) is 13.7. The number of para-hydroxylation sites is 2. The molecule has 2 rings (SSSR count). The molecule has 0 aliphatic rings. The number of nitrogens with zero attached hydrogens (tertiary/aromatic N) is 2. The van der Waals surface area contributed by atoms with E-state index >= 15 is 0 Å². The second-order valence-electron chi connectivity index (χ2n) is 9.84. The Balaban J connectivity index is 0.00000353. The molecule has 184 valence electrons. The van der Waals surface area contributed by atoms with E-state index in [2.05, 4.69) is 122 Å². The van der Waals surface area contributed by atoms with Crippen LogP contribution in [0.15, 0.2) is 53.2 Å². The molecule has 0 N–H and O–H groups in total. The Morgan fingerprint density at radius 2 is 1.09 bits per heavy atom. The van der Waals surface area contributed by atoms with Gasteiger partial charge in [-0.25, -0.2) is 0 Å². The first kappa shape index (κ1) is 32.5. The molecule has 0 heterocycles. The zero-order valence-corrected chi connectivity index (χ0v) is 25.1. The third kappa shape index (κ3) is 8.92. The van der Waals surface area contributed by atoms with Crippen LogP contribution >= 0.6 is 10.0 Å². The molecule has 0 amide bonds. The summed E-state index contributed by atoms with van der Waals surface area (Å²) in [5.41, 5.74) is 9.45. The molecule has 0 aliphatic heterocycles. The molecule has 0 radical (unpaired) electrons. The summed E-state index contributed by atoms with van der Waals surface area (Å²) >= 11 is 1.89. The molecule has 0 fully saturated rings. The zero-order chi connectivity index (χ0) is 25.3. The van der Waals surface area contributed by atoms with Crippen molar-refractivity contribution in [3.8, 4) is 0 Å². The van der Waals surface area contributed by atoms with E-state index < -0.39 is 0 Å². The number of hydrogen-bond donors (Lipinski definition) is 0. The Hall–Kier alpha value is -1.53. The van der Waals surface area contributed by atoms with Gasteiger partial charge in [-0.1, -0.05) is 116 Å². The summed E-state index contributed by atoms with van der Waals surface area (Å²) < 4.78 is 0. The minimum absolute atomic E-state index is 0. The van der Waals surface area contributed by atoms with Gasteiger partial charge in [-0.05, 0) is 41.7 Å². The van der Waals surface area contributed by atoms with E-state index in [9.17, 15) is 0 Å². The Morgan fingerprint density at radius 1 is 0.735 bits per heavy atom. The molecule has 0 atom stereocenters. The molecule has 0 unspecified atom stereocenters. The van der Waals surface area contributed by atoms with Crippen molar-refractivity contribution in [3.63, 3.8) is 0 Å². The van der Waals surface area contributed by atoms with Crippen molar-refractivity contribution in [2.45, 2.75) is 92.9 Å². The van der Waals surface area contributed by atoms with Gasteiger partial charge in [-0.15, -0.1) is 5.69 Å². The molecule has 0 saturated carbocycles. The van der Waals surface area contributed by atoms with Gasteiger partial charge >= 0.3 is 25.4 Å². The summed E-state index contributed by atoms with van der Waals surface area (Å²) in [6.45, 7) is 22.1. The Labute approximate surface area is 222 Å². The fraction of sp³-hybridized carbons (Fsp3) is 0.467. The predicted octanol–water partition coefficient (Wildman–Crippen LogP) is 10.6. The fourth-order valence-corrected chi connectivity index (χ4v) is 4.00. The summed E-state index contributed by atoms with van der Waals surface area (Å²) in [5, 5.41) is 5.08. The molecule has 2 aromatic rings. The van der Waals surface area contributed by atoms with E-state index in [0.717, 1.165) is 22.8 Å². The maximum absolute atomic E-state index is 5.08. The van der Waals surface area contributed by atoms with Crippen molar-refractivity contribution < 1.29 is 0 Å². The third-order valence-electron chi connectivity index (χ3n) is 5.68. The maximum Gasteiger partial charge on any atom is -0.358 e. The Morgan fingerprint density at radius 3 is 1.44 bits per heavy atom. The minimum Gasteiger partial charge on any atom is -0.358 e. The average molecular weight is 495 g/mol. The summed E-state index contributed by atoms with van der Waals surface area (Å²) in [4.78, 5) is 5.08. The van der Waals surface area contributed by atoms with Crippen LogP contribution in [-0.4, -0.2) is 21.1 Å². The number of rotatable bonds is 8. The monoisotopic (exact) mass is 494 g/mol. The van der Waals surface area contributed by atoms with Crippen LogP contribution in [-0.2, 0) is 0 Å². The first-order chi connectivity index (χ1) is 15.5. The van der Waals surface area contributed by atoms with Crippen LogP contribution in [0.5, 0.6) is 0 Å². The number of allylic oxidation sites excluding steroid dienone is 2. The summed E-state index contributed by atoms with van der Waals surface area (Å²) in [6, 6.07) is 13.1. The van der Waals surface area contributed by atoms with Crippen LogP contribution in [0.3, 0.4) is 0 Å². The zero-order valence-electron chi connectivity index (χ0n) is 23.2. The summed E-state index contributed by atoms with van der Waals surface area (Å²) in [6.07, 6.45) is 2.11. The molecule has 34 heavy (non-hydrogen) atoms. The number of aliphatic imine (C=N–C) groups is 1. The van der Waals surface area contributed by atoms with Crippen molar-refractivity contribution in [1.29, 1.82) is 0 Å². The van der Waals surface area contributed by atoms with Crippen molar-refractivity contribution in [3.05, 3.63) is 83.2 Å². The van der Waals surface area contributed by atoms with Gasteiger partial charge in [0.05, 0.1) is 5.69 Å². The van der Waals surface area contributed by atoms with Gasteiger partial charge < -0.3 is 12.7 Å². The SMILES string of the molecule is CC(/C=C(/C)[N-]c1c(C(C)C)cccc1C(C)C)=Nc1c(C(C)C)cccc1C(C)C.[Al+2][Cl].[CH3-]. The van der Waals surface area contributed by atoms with Gasteiger partial charge in [0.2, 0.25) is 0 Å². The average Bonchev–Trinajstić information content (AvgIpc) is 2.74. The molecule has 4 heteroatoms. The van der Waals surface area contributed by atoms with Gasteiger partial charge in [-0.2, -0.15) is 5.70 Å². The topological polar surface area (TPSA) is 26.5 Å². The molecule has 0 aliphatic carbocycles. The van der Waals surface area contributed by atoms with Gasteiger partial charge in [0.25, 0.3) is 0 Å². The molecule has 0 aromatic heterocycles. The first-order valence-electron chi connectivity index (χ1n) is 12.0. The van der Waals surface area contributed by atoms with E-state index in [-0.39, 0.29) is 7.43 Å². The number of halogens is 1. The molecule has 2 nitrogen and oxygen atoms in total. The number of hydrogen-bond acceptors (Lipinski definition) is 1. The van der Waals surface area contributed by atoms with Crippen molar-refractivity contribution in [2.75, 3.05) is 0 Å². The predicted molar refractivity (Wildman–Crippen MR) is 157 cm³/mol. The van der Waals surface area contributed by atoms with E-state index in [1.165, 1.54) is 22.3 Å². The van der Waals surface area contributed by atoms with E-state index in [4.69, 9.17) is 10.3 Å². The molecule has 0 spiro atoms. The Bertz CT molecular complexity index is 904. The summed E-state index contributed by atoms with van der Waals surface area (Å²) in [5.74, 6) is 1.75. The van der Waals surface area contributed by atoms with Gasteiger partial charge in [0, 0.05) is 5.71 Å². The second-order valence-corrected chi connectivity index (χ2v) is 9.84. The maximum atomic E-state index is 5.08. The standard InChI is InChI=1S/C29H41N2.CH3.Al.ClH/c1-18(2)24-13-11-14-25(19(3)4)28(24)30-22(9)17-23(10)31-29-26(20(5)6)15-12-16-27(29)21(7)8;;;/h11-21H,1-10H3;1H3;;1H/q2*-1;+3;/p-1/b22-17-,31-23?;;;. The molecule has 2 aromatic carbocycles. The second kappa shape index (κ2) is 15.5. The number of benzene rings is 2. The van der Waals surface area contributed by atoms with Crippen LogP contribution in [0.25, 0.3) is 5.32 Å². The van der Waals surface area contributed by atoms with E-state index in [0.29, 0.717) is 23.7 Å². The normalized spacial score (nSPS) is 12.1. The quantitative estimate of drug-likeness (QED) is 0.198. The van der Waals surface area contributed by atoms with Gasteiger partial charge in [0.1, 0.15) is 0 Å². The van der Waals surface area contributed by atoms with E-state index in [1.54, 1.807) is 0 Å². The van der Waals surface area contributed by atoms with Crippen LogP contribution < -0.4 is 0 Å². The van der Waals surface area contributed by atoms with Crippen LogP contribution in [0.4, 0.5) is 11.4 Å². The molecule has 0 bridgehead atoms. The van der Waals surface area contributed by atoms with Crippen LogP contribution in [0.1, 0.15) is 115 Å². The van der Waals surface area contributed by atoms with E-state index in [1.807, 2.05) is 15.4 Å². The van der Waals surface area contributed by atoms with Crippen molar-refractivity contribution >= 4 is 42.5 Å². The molecular weight excluding hydrogens is 451 g/mol. The summed E-state index contributed by atoms with van der Waals surface area (Å²) in [7, 11) is 4.56. The van der Waals surface area contributed by atoms with Crippen LogP contribution in [0, 0.1) is 7.43 Å². The molecule has 0 saturated heterocycles. The van der Waals surface area contributed by atoms with Crippen molar-refractivity contribution in [2.24, 2.45) is 4.99 Å². The van der Waals surface area contributed by atoms with Crippen LogP contribution in [0.2, 0.25) is 0 Å². The largest absolute Gasteiger partial charge is 0.358 e. The Kier molecular flexibility index (Phi) is 14.8. The fourth-order valence-electron chi connectivity index (χ4n) is 4.00. The third-order valence-corrected chi connectivity index (χ3v) is 5.68.